The summed E-state index contributed by atoms with van der Waals surface area (Å²) >= 11 is 0. The second-order valence-corrected chi connectivity index (χ2v) is 11.7. The minimum absolute atomic E-state index is 0.00138. The van der Waals surface area contributed by atoms with Crippen LogP contribution >= 0.6 is 0 Å². The molecule has 1 saturated carbocycles. The average molecular weight is 553 g/mol. The third kappa shape index (κ3) is 6.75. The number of carboxylic acids is 1. The van der Waals surface area contributed by atoms with Crippen LogP contribution in [0.15, 0.2) is 47.4 Å². The number of aromatic nitrogens is 1. The van der Waals surface area contributed by atoms with Gasteiger partial charge in [-0.15, -0.1) is 5.92 Å². The number of fused-ring (bicyclic) bond motifs is 1. The third-order valence-corrected chi connectivity index (χ3v) is 8.94. The van der Waals surface area contributed by atoms with E-state index in [1.165, 1.54) is 56.4 Å². The van der Waals surface area contributed by atoms with Crippen molar-refractivity contribution in [2.75, 3.05) is 13.7 Å². The van der Waals surface area contributed by atoms with E-state index in [-0.39, 0.29) is 17.9 Å². The number of hydrogen-bond donors (Lipinski definition) is 2. The summed E-state index contributed by atoms with van der Waals surface area (Å²) < 4.78 is 41.9. The molecule has 1 atom stereocenters. The van der Waals surface area contributed by atoms with Crippen molar-refractivity contribution in [3.05, 3.63) is 53.7 Å². The predicted molar refractivity (Wildman–Crippen MR) is 151 cm³/mol. The Bertz CT molecular complexity index is 1480. The van der Waals surface area contributed by atoms with Gasteiger partial charge in [0.15, 0.2) is 0 Å². The Morgan fingerprint density at radius 2 is 1.82 bits per heavy atom. The van der Waals surface area contributed by atoms with Crippen LogP contribution < -0.4 is 14.2 Å². The van der Waals surface area contributed by atoms with Crippen molar-refractivity contribution in [2.45, 2.75) is 69.9 Å². The van der Waals surface area contributed by atoms with Gasteiger partial charge in [0.05, 0.1) is 12.0 Å². The van der Waals surface area contributed by atoms with Crippen molar-refractivity contribution in [1.29, 1.82) is 0 Å². The van der Waals surface area contributed by atoms with Gasteiger partial charge in [-0.2, -0.15) is 4.72 Å². The van der Waals surface area contributed by atoms with Crippen molar-refractivity contribution in [2.24, 2.45) is 5.92 Å². The monoisotopic (exact) mass is 552 g/mol. The Hall–Kier alpha value is -3.48. The molecular formula is C30H36N2O6S. The van der Waals surface area contributed by atoms with Gasteiger partial charge in [0.2, 0.25) is 10.0 Å². The fourth-order valence-electron chi connectivity index (χ4n) is 5.32. The Kier molecular flexibility index (Phi) is 9.20. The number of carboxylic acid groups (broad SMARTS) is 1. The number of nitrogens with zero attached hydrogens (tertiary/aromatic N) is 1. The van der Waals surface area contributed by atoms with Gasteiger partial charge in [0.25, 0.3) is 0 Å². The lowest BCUT2D eigenvalue weighted by Crippen LogP contribution is -2.42. The molecular weight excluding hydrogens is 516 g/mol. The maximum atomic E-state index is 13.2. The predicted octanol–water partition coefficient (Wildman–Crippen LogP) is 4.91. The highest BCUT2D eigenvalue weighted by Crippen LogP contribution is 2.33. The first-order chi connectivity index (χ1) is 18.7. The van der Waals surface area contributed by atoms with Crippen LogP contribution in [0.25, 0.3) is 10.9 Å². The second kappa shape index (κ2) is 12.6. The number of aliphatic carboxylic acids is 1. The van der Waals surface area contributed by atoms with Crippen molar-refractivity contribution in [1.82, 2.24) is 9.29 Å². The molecule has 39 heavy (non-hydrogen) atoms. The van der Waals surface area contributed by atoms with Crippen LogP contribution in [0.1, 0.15) is 50.3 Å². The summed E-state index contributed by atoms with van der Waals surface area (Å²) in [5.41, 5.74) is 2.76. The standard InChI is InChI=1S/C30H36N2O6S/c1-4-5-17-38-23-11-14-25(15-12-23)39(35,36)31-28(30(33)34)19-26-21(2)32(20-22-9-7-6-8-10-22)29-16-13-24(37-3)18-27(26)29/h11-16,18,22,28,31H,6-10,17,19-20H2,1-3H3,(H,33,34). The fraction of sp³-hybridized carbons (Fsp3) is 0.433. The van der Waals surface area contributed by atoms with E-state index in [0.717, 1.165) is 28.7 Å². The summed E-state index contributed by atoms with van der Waals surface area (Å²) in [4.78, 5) is 12.3. The minimum Gasteiger partial charge on any atom is -0.497 e. The Morgan fingerprint density at radius 1 is 1.13 bits per heavy atom. The number of ether oxygens (including phenoxy) is 2. The molecule has 1 aliphatic rings. The molecule has 1 aromatic heterocycles. The summed E-state index contributed by atoms with van der Waals surface area (Å²) in [6, 6.07) is 10.3. The van der Waals surface area contributed by atoms with Gasteiger partial charge >= 0.3 is 5.97 Å². The molecule has 4 rings (SSSR count). The minimum atomic E-state index is -4.11. The first-order valence-corrected chi connectivity index (χ1v) is 14.7. The molecule has 8 nitrogen and oxygen atoms in total. The van der Waals surface area contributed by atoms with E-state index < -0.39 is 22.0 Å². The van der Waals surface area contributed by atoms with Gasteiger partial charge in [-0.25, -0.2) is 8.42 Å². The van der Waals surface area contributed by atoms with Crippen molar-refractivity contribution in [3.8, 4) is 23.3 Å². The maximum Gasteiger partial charge on any atom is 0.322 e. The molecule has 1 aliphatic carbocycles. The van der Waals surface area contributed by atoms with Gasteiger partial charge in [0, 0.05) is 29.6 Å². The molecule has 1 heterocycles. The molecule has 0 radical (unpaired) electrons. The number of benzene rings is 2. The van der Waals surface area contributed by atoms with Gasteiger partial charge in [-0.3, -0.25) is 4.79 Å². The quantitative estimate of drug-likeness (QED) is 0.327. The largest absolute Gasteiger partial charge is 0.497 e. The highest BCUT2D eigenvalue weighted by Gasteiger charge is 2.29. The maximum absolute atomic E-state index is 13.2. The highest BCUT2D eigenvalue weighted by atomic mass is 32.2. The van der Waals surface area contributed by atoms with Gasteiger partial charge < -0.3 is 19.1 Å². The normalized spacial score (nSPS) is 14.9. The Balaban J connectivity index is 1.62. The lowest BCUT2D eigenvalue weighted by Gasteiger charge is -2.23. The van der Waals surface area contributed by atoms with E-state index in [1.54, 1.807) is 14.0 Å². The molecule has 1 fully saturated rings. The molecule has 2 N–H and O–H groups in total. The first kappa shape index (κ1) is 28.5. The van der Waals surface area contributed by atoms with E-state index in [4.69, 9.17) is 9.47 Å². The topological polar surface area (TPSA) is 107 Å². The lowest BCUT2D eigenvalue weighted by atomic mass is 9.89. The molecule has 9 heteroatoms. The van der Waals surface area contributed by atoms with Gasteiger partial charge in [-0.05, 0) is 80.6 Å². The smallest absolute Gasteiger partial charge is 0.322 e. The summed E-state index contributed by atoms with van der Waals surface area (Å²) in [6.45, 7) is 4.74. The lowest BCUT2D eigenvalue weighted by molar-refractivity contribution is -0.138. The molecule has 1 unspecified atom stereocenters. The number of nitrogens with one attached hydrogen (secondary N) is 1. The molecule has 0 spiro atoms. The number of hydrogen-bond acceptors (Lipinski definition) is 5. The Labute approximate surface area is 230 Å². The second-order valence-electron chi connectivity index (χ2n) is 9.96. The van der Waals surface area contributed by atoms with Crippen LogP contribution in [-0.4, -0.2) is 43.8 Å². The molecule has 208 valence electrons. The molecule has 2 aromatic carbocycles. The number of methoxy groups -OCH3 is 1. The molecule has 3 aromatic rings. The first-order valence-electron chi connectivity index (χ1n) is 13.3. The summed E-state index contributed by atoms with van der Waals surface area (Å²) in [5, 5.41) is 10.9. The van der Waals surface area contributed by atoms with Crippen LogP contribution in [0.5, 0.6) is 11.5 Å². The Morgan fingerprint density at radius 3 is 2.46 bits per heavy atom. The van der Waals surface area contributed by atoms with Crippen LogP contribution in [0.4, 0.5) is 0 Å². The van der Waals surface area contributed by atoms with E-state index in [0.29, 0.717) is 17.4 Å². The summed E-state index contributed by atoms with van der Waals surface area (Å²) in [6.07, 6.45) is 6.08. The van der Waals surface area contributed by atoms with E-state index in [2.05, 4.69) is 21.1 Å². The van der Waals surface area contributed by atoms with E-state index in [1.807, 2.05) is 25.1 Å². The van der Waals surface area contributed by atoms with Crippen molar-refractivity contribution < 1.29 is 27.8 Å². The van der Waals surface area contributed by atoms with Crippen molar-refractivity contribution >= 4 is 26.9 Å². The summed E-state index contributed by atoms with van der Waals surface area (Å²) in [7, 11) is -2.52. The molecule has 0 amide bonds. The van der Waals surface area contributed by atoms with Crippen LogP contribution in [0.2, 0.25) is 0 Å². The number of carbonyl (C=O) groups is 1. The molecule has 0 saturated heterocycles. The van der Waals surface area contributed by atoms with E-state index >= 15 is 0 Å². The van der Waals surface area contributed by atoms with Crippen LogP contribution in [0, 0.1) is 24.7 Å². The molecule has 0 bridgehead atoms. The zero-order valence-electron chi connectivity index (χ0n) is 22.7. The van der Waals surface area contributed by atoms with Crippen molar-refractivity contribution in [3.63, 3.8) is 0 Å². The van der Waals surface area contributed by atoms with Gasteiger partial charge in [0.1, 0.15) is 24.1 Å². The van der Waals surface area contributed by atoms with Crippen LogP contribution in [0.3, 0.4) is 0 Å². The SMILES string of the molecule is CC#CCOc1ccc(S(=O)(=O)NC(Cc2c(C)n(CC3CCCCC3)c3ccc(OC)cc23)C(=O)O)cc1. The highest BCUT2D eigenvalue weighted by molar-refractivity contribution is 7.89. The van der Waals surface area contributed by atoms with Gasteiger partial charge in [-0.1, -0.05) is 25.2 Å². The number of sulfonamides is 1. The van der Waals surface area contributed by atoms with E-state index in [9.17, 15) is 18.3 Å². The zero-order valence-corrected chi connectivity index (χ0v) is 23.5. The number of rotatable bonds is 11. The molecule has 0 aliphatic heterocycles. The third-order valence-electron chi connectivity index (χ3n) is 7.45. The fourth-order valence-corrected chi connectivity index (χ4v) is 6.51. The summed E-state index contributed by atoms with van der Waals surface area (Å²) in [5.74, 6) is 5.96. The zero-order chi connectivity index (χ0) is 28.0. The average Bonchev–Trinajstić information content (AvgIpc) is 3.18. The van der Waals surface area contributed by atoms with Crippen LogP contribution in [-0.2, 0) is 27.8 Å².